The summed E-state index contributed by atoms with van der Waals surface area (Å²) in [5.41, 5.74) is 4.22. The Morgan fingerprint density at radius 1 is 0.671 bits per heavy atom. The number of carbonyl (C=O) groups is 1. The fourth-order valence-electron chi connectivity index (χ4n) is 6.74. The number of aliphatic hydroxyl groups excluding tert-OH is 2. The van der Waals surface area contributed by atoms with Gasteiger partial charge in [0.1, 0.15) is 17.2 Å². The number of non-ortho nitro benzene ring substituents is 3. The largest absolute Gasteiger partial charge is 0.457 e. The molecular weight excluding hydrogens is 1040 g/mol. The summed E-state index contributed by atoms with van der Waals surface area (Å²) < 4.78 is 29.2. The lowest BCUT2D eigenvalue weighted by Gasteiger charge is -2.37. The Kier molecular flexibility index (Phi) is 27.1. The molecular formula is C53H68Cl2FN7O12Si. The van der Waals surface area contributed by atoms with Crippen molar-refractivity contribution in [3.05, 3.63) is 169 Å². The van der Waals surface area contributed by atoms with E-state index in [0.29, 0.717) is 56.0 Å². The van der Waals surface area contributed by atoms with Crippen LogP contribution in [-0.2, 0) is 15.8 Å². The summed E-state index contributed by atoms with van der Waals surface area (Å²) in [6, 6.07) is 34.1. The van der Waals surface area contributed by atoms with Crippen LogP contribution in [0.5, 0.6) is 0 Å². The maximum Gasteiger partial charge on any atom is 0.412 e. The molecule has 0 saturated carbocycles. The average Bonchev–Trinajstić information content (AvgIpc) is 3.82. The van der Waals surface area contributed by atoms with Crippen molar-refractivity contribution < 1.29 is 47.7 Å². The number of fused-ring (bicyclic) bond motifs is 1. The number of aliphatic hydroxyl groups is 2. The van der Waals surface area contributed by atoms with Gasteiger partial charge in [0.25, 0.3) is 17.1 Å². The molecule has 0 unspecified atom stereocenters. The maximum absolute atomic E-state index is 12.1. The number of ether oxygens (including phenoxy) is 1. The summed E-state index contributed by atoms with van der Waals surface area (Å²) in [6.07, 6.45) is 0.485. The van der Waals surface area contributed by atoms with Crippen molar-refractivity contribution in [3.8, 4) is 0 Å². The van der Waals surface area contributed by atoms with Crippen LogP contribution in [0.3, 0.4) is 0 Å². The molecule has 1 heterocycles. The second kappa shape index (κ2) is 32.5. The van der Waals surface area contributed by atoms with E-state index in [2.05, 4.69) is 55.9 Å². The van der Waals surface area contributed by atoms with Crippen LogP contribution in [0.25, 0.3) is 11.0 Å². The molecule has 0 saturated heterocycles. The summed E-state index contributed by atoms with van der Waals surface area (Å²) in [4.78, 5) is 47.9. The van der Waals surface area contributed by atoms with E-state index in [0.717, 1.165) is 71.8 Å². The SMILES string of the molecule is CCCN(CCO[Si](C)(C)C(C)(C)C)c1ccc([N+](=O)[O-])cc1.O=C(Nc1ccc(N(CCCl)CCCl)cc1)OCc1cc2ccccc2o1.O=[N+]([O-])c1ccc(F)cc1.O=[N+]([O-])c1ccc(N(CCO)CCO)cc1. The lowest BCUT2D eigenvalue weighted by Crippen LogP contribution is -2.43. The summed E-state index contributed by atoms with van der Waals surface area (Å²) in [5.74, 6) is 1.17. The van der Waals surface area contributed by atoms with Crippen LogP contribution in [-0.4, -0.2) is 110 Å². The van der Waals surface area contributed by atoms with Crippen LogP contribution in [0.15, 0.2) is 132 Å². The molecule has 6 rings (SSSR count). The quantitative estimate of drug-likeness (QED) is 0.0234. The van der Waals surface area contributed by atoms with Gasteiger partial charge in [-0.1, -0.05) is 45.9 Å². The number of furan rings is 1. The van der Waals surface area contributed by atoms with E-state index in [9.17, 15) is 39.5 Å². The van der Waals surface area contributed by atoms with E-state index >= 15 is 0 Å². The molecule has 1 amide bonds. The van der Waals surface area contributed by atoms with Gasteiger partial charge in [0.15, 0.2) is 14.9 Å². The number of para-hydroxylation sites is 1. The molecule has 0 atom stereocenters. The molecule has 0 radical (unpaired) electrons. The van der Waals surface area contributed by atoms with Crippen molar-refractivity contribution in [1.82, 2.24) is 0 Å². The number of hydrogen-bond donors (Lipinski definition) is 3. The number of halogens is 3. The number of nitro benzene ring substituents is 3. The van der Waals surface area contributed by atoms with Gasteiger partial charge < -0.3 is 38.5 Å². The van der Waals surface area contributed by atoms with Crippen LogP contribution in [0, 0.1) is 36.2 Å². The van der Waals surface area contributed by atoms with Crippen LogP contribution in [0.2, 0.25) is 18.1 Å². The highest BCUT2D eigenvalue weighted by atomic mass is 35.5. The molecule has 1 aromatic heterocycles. The van der Waals surface area contributed by atoms with Crippen molar-refractivity contribution in [2.75, 3.05) is 90.9 Å². The average molecular weight is 1110 g/mol. The van der Waals surface area contributed by atoms with E-state index in [4.69, 9.17) is 47.0 Å². The first-order valence-corrected chi connectivity index (χ1v) is 28.3. The second-order valence-electron chi connectivity index (χ2n) is 18.2. The molecule has 76 heavy (non-hydrogen) atoms. The Balaban J connectivity index is 0.000000282. The number of alkyl halides is 2. The molecule has 6 aromatic rings. The number of nitrogens with one attached hydrogen (secondary N) is 1. The molecule has 0 aliphatic rings. The van der Waals surface area contributed by atoms with Gasteiger partial charge in [0.05, 0.1) is 34.6 Å². The van der Waals surface area contributed by atoms with E-state index in [1.54, 1.807) is 29.2 Å². The Labute approximate surface area is 453 Å². The normalized spacial score (nSPS) is 10.9. The number of rotatable bonds is 23. The standard InChI is InChI=1S/C20H20Cl2N2O3.C17H30N2O3Si.C10H14N2O4.C6H4FNO2/c21-9-11-24(12-10-22)17-7-5-16(6-8-17)23-20(25)26-14-18-13-15-3-1-2-4-19(15)27-18;1-7-12-18(13-14-22-23(5,6)17(2,3)4)15-8-10-16(11-9-15)19(20)21;13-7-5-11(6-8-14)9-1-3-10(4-2-9)12(15)16;7-5-1-3-6(4-2-5)8(9)10/h1-8,13H,9-12,14H2,(H,23,25);8-11H,7,12-14H2,1-6H3;1-4,13-14H,5-8H2;1-4H. The maximum atomic E-state index is 12.1. The monoisotopic (exact) mass is 1110 g/mol. The van der Waals surface area contributed by atoms with Gasteiger partial charge >= 0.3 is 6.09 Å². The predicted molar refractivity (Wildman–Crippen MR) is 301 cm³/mol. The zero-order valence-electron chi connectivity index (χ0n) is 43.6. The first kappa shape index (κ1) is 63.4. The van der Waals surface area contributed by atoms with Crippen molar-refractivity contribution in [3.63, 3.8) is 0 Å². The number of nitrogens with zero attached hydrogens (tertiary/aromatic N) is 6. The van der Waals surface area contributed by atoms with E-state index in [1.807, 2.05) is 66.7 Å². The lowest BCUT2D eigenvalue weighted by atomic mass is 10.2. The summed E-state index contributed by atoms with van der Waals surface area (Å²) in [7, 11) is -1.74. The Bertz CT molecular complexity index is 2640. The molecule has 0 bridgehead atoms. The minimum Gasteiger partial charge on any atom is -0.457 e. The molecule has 0 spiro atoms. The van der Waals surface area contributed by atoms with Crippen molar-refractivity contribution >= 4 is 88.4 Å². The number of nitro groups is 3. The number of anilines is 4. The van der Waals surface area contributed by atoms with Crippen molar-refractivity contribution in [1.29, 1.82) is 0 Å². The first-order valence-electron chi connectivity index (χ1n) is 24.3. The Hall–Kier alpha value is -6.88. The fourth-order valence-corrected chi connectivity index (χ4v) is 8.18. The number of benzene rings is 5. The van der Waals surface area contributed by atoms with Crippen molar-refractivity contribution in [2.24, 2.45) is 0 Å². The third kappa shape index (κ3) is 21.8. The van der Waals surface area contributed by atoms with Gasteiger partial charge in [-0.3, -0.25) is 35.7 Å². The van der Waals surface area contributed by atoms with Crippen LogP contribution < -0.4 is 20.0 Å². The predicted octanol–water partition coefficient (Wildman–Crippen LogP) is 12.4. The zero-order chi connectivity index (χ0) is 56.3. The third-order valence-corrected chi connectivity index (χ3v) is 16.6. The summed E-state index contributed by atoms with van der Waals surface area (Å²) in [5, 5.41) is 52.8. The van der Waals surface area contributed by atoms with E-state index in [-0.39, 0.29) is 46.8 Å². The topological polar surface area (TPSA) is 240 Å². The highest BCUT2D eigenvalue weighted by Gasteiger charge is 2.37. The smallest absolute Gasteiger partial charge is 0.412 e. The van der Waals surface area contributed by atoms with E-state index in [1.165, 1.54) is 12.1 Å². The Morgan fingerprint density at radius 3 is 1.53 bits per heavy atom. The zero-order valence-corrected chi connectivity index (χ0v) is 46.1. The summed E-state index contributed by atoms with van der Waals surface area (Å²) in [6.45, 7) is 17.9. The number of hydrogen-bond acceptors (Lipinski definition) is 15. The van der Waals surface area contributed by atoms with Gasteiger partial charge in [-0.15, -0.1) is 23.2 Å². The minimum absolute atomic E-state index is 0.0247. The van der Waals surface area contributed by atoms with Gasteiger partial charge in [-0.2, -0.15) is 0 Å². The number of amides is 1. The van der Waals surface area contributed by atoms with E-state index < -0.39 is 30.1 Å². The van der Waals surface area contributed by atoms with Gasteiger partial charge in [-0.05, 0) is 97.3 Å². The van der Waals surface area contributed by atoms with Gasteiger partial charge in [0.2, 0.25) is 0 Å². The summed E-state index contributed by atoms with van der Waals surface area (Å²) >= 11 is 11.7. The Morgan fingerprint density at radius 2 is 1.11 bits per heavy atom. The van der Waals surface area contributed by atoms with Crippen LogP contribution in [0.1, 0.15) is 39.9 Å². The van der Waals surface area contributed by atoms with Crippen LogP contribution in [0.4, 0.5) is 49.0 Å². The second-order valence-corrected chi connectivity index (χ2v) is 23.7. The molecule has 19 nitrogen and oxygen atoms in total. The minimum atomic E-state index is -1.74. The van der Waals surface area contributed by atoms with Crippen molar-refractivity contribution in [2.45, 2.75) is 58.9 Å². The molecule has 3 N–H and O–H groups in total. The lowest BCUT2D eigenvalue weighted by molar-refractivity contribution is -0.385. The van der Waals surface area contributed by atoms with Crippen LogP contribution >= 0.6 is 23.2 Å². The molecule has 412 valence electrons. The molecule has 5 aromatic carbocycles. The van der Waals surface area contributed by atoms with Gasteiger partial charge in [-0.25, -0.2) is 9.18 Å². The highest BCUT2D eigenvalue weighted by Crippen LogP contribution is 2.36. The highest BCUT2D eigenvalue weighted by molar-refractivity contribution is 6.74. The fraction of sp³-hybridized carbons (Fsp3) is 0.377. The molecule has 0 aliphatic heterocycles. The number of carbonyl (C=O) groups excluding carboxylic acids is 1. The first-order chi connectivity index (χ1) is 36.2. The molecule has 0 fully saturated rings. The molecule has 0 aliphatic carbocycles. The third-order valence-electron chi connectivity index (χ3n) is 11.8. The van der Waals surface area contributed by atoms with Gasteiger partial charge in [0, 0.05) is 116 Å². The molecule has 23 heteroatoms.